The lowest BCUT2D eigenvalue weighted by Crippen LogP contribution is -2.12. The number of halogens is 1. The Labute approximate surface area is 134 Å². The van der Waals surface area contributed by atoms with Gasteiger partial charge in [-0.15, -0.1) is 11.3 Å². The van der Waals surface area contributed by atoms with Gasteiger partial charge in [0.15, 0.2) is 0 Å². The van der Waals surface area contributed by atoms with Gasteiger partial charge in [0.05, 0.1) is 25.7 Å². The molecule has 21 heavy (non-hydrogen) atoms. The Balaban J connectivity index is 1.77. The number of nitrogens with two attached hydrogens (primary N) is 1. The molecule has 0 saturated heterocycles. The molecule has 2 aromatic rings. The maximum absolute atomic E-state index is 11.9. The molecule has 112 valence electrons. The molecule has 2 rings (SSSR count). The van der Waals surface area contributed by atoms with Crippen molar-refractivity contribution in [2.45, 2.75) is 17.1 Å². The summed E-state index contributed by atoms with van der Waals surface area (Å²) in [5, 5.41) is 5.10. The van der Waals surface area contributed by atoms with Crippen molar-refractivity contribution in [1.29, 1.82) is 0 Å². The van der Waals surface area contributed by atoms with Gasteiger partial charge >= 0.3 is 0 Å². The zero-order valence-electron chi connectivity index (χ0n) is 11.2. The van der Waals surface area contributed by atoms with Gasteiger partial charge in [-0.3, -0.25) is 9.00 Å². The molecule has 0 spiro atoms. The molecule has 0 aliphatic rings. The van der Waals surface area contributed by atoms with Crippen molar-refractivity contribution in [2.75, 3.05) is 16.8 Å². The van der Waals surface area contributed by atoms with Crippen molar-refractivity contribution < 1.29 is 9.00 Å². The Morgan fingerprint density at radius 3 is 2.86 bits per heavy atom. The first-order valence-corrected chi connectivity index (χ1v) is 8.90. The van der Waals surface area contributed by atoms with Crippen molar-refractivity contribution in [3.05, 3.63) is 40.7 Å². The lowest BCUT2D eigenvalue weighted by Gasteiger charge is -2.06. The molecule has 1 aromatic carbocycles. The number of rotatable bonds is 6. The van der Waals surface area contributed by atoms with E-state index in [0.29, 0.717) is 35.0 Å². The largest absolute Gasteiger partial charge is 0.397 e. The number of nitrogens with one attached hydrogen (secondary N) is 1. The van der Waals surface area contributed by atoms with Gasteiger partial charge in [0.1, 0.15) is 0 Å². The average molecular weight is 343 g/mol. The number of hydrogen-bond acceptors (Lipinski definition) is 4. The zero-order valence-corrected chi connectivity index (χ0v) is 13.6. The number of carbonyl (C=O) groups is 1. The number of hydrogen-bond donors (Lipinski definition) is 2. The van der Waals surface area contributed by atoms with Crippen LogP contribution in [0.3, 0.4) is 0 Å². The minimum atomic E-state index is -1.02. The molecule has 0 aliphatic carbocycles. The normalized spacial score (nSPS) is 12.0. The number of amides is 1. The first kappa shape index (κ1) is 16.0. The lowest BCUT2D eigenvalue weighted by atomic mass is 10.2. The molecule has 0 radical (unpaired) electrons. The topological polar surface area (TPSA) is 72.2 Å². The highest BCUT2D eigenvalue weighted by molar-refractivity contribution is 7.87. The Kier molecular flexibility index (Phi) is 5.78. The predicted octanol–water partition coefficient (Wildman–Crippen LogP) is 3.51. The summed E-state index contributed by atoms with van der Waals surface area (Å²) in [6.45, 7) is 0. The SMILES string of the molecule is Nc1cc(NC(=O)CCCS(=O)c2cccs2)ccc1Cl. The third-order valence-corrected chi connectivity index (χ3v) is 5.83. The molecule has 1 atom stereocenters. The summed E-state index contributed by atoms with van der Waals surface area (Å²) < 4.78 is 12.7. The molecule has 0 saturated carbocycles. The van der Waals surface area contributed by atoms with Crippen LogP contribution in [0.2, 0.25) is 5.02 Å². The van der Waals surface area contributed by atoms with E-state index in [1.807, 2.05) is 17.5 Å². The van der Waals surface area contributed by atoms with E-state index in [9.17, 15) is 9.00 Å². The summed E-state index contributed by atoms with van der Waals surface area (Å²) in [6.07, 6.45) is 0.888. The third kappa shape index (κ3) is 4.84. The van der Waals surface area contributed by atoms with Crippen molar-refractivity contribution in [3.63, 3.8) is 0 Å². The first-order chi connectivity index (χ1) is 10.1. The van der Waals surface area contributed by atoms with Gasteiger partial charge in [-0.2, -0.15) is 0 Å². The van der Waals surface area contributed by atoms with E-state index in [1.165, 1.54) is 11.3 Å². The minimum Gasteiger partial charge on any atom is -0.397 e. The predicted molar refractivity (Wildman–Crippen MR) is 89.3 cm³/mol. The molecule has 7 heteroatoms. The van der Waals surface area contributed by atoms with Crippen LogP contribution in [0.25, 0.3) is 0 Å². The molecule has 1 aromatic heterocycles. The highest BCUT2D eigenvalue weighted by Crippen LogP contribution is 2.22. The monoisotopic (exact) mass is 342 g/mol. The summed E-state index contributed by atoms with van der Waals surface area (Å²) in [7, 11) is -1.02. The van der Waals surface area contributed by atoms with Crippen LogP contribution in [-0.2, 0) is 15.6 Å². The second-order valence-corrected chi connectivity index (χ2v) is 7.52. The molecular formula is C14H15ClN2O2S2. The third-order valence-electron chi connectivity index (χ3n) is 2.73. The zero-order chi connectivity index (χ0) is 15.2. The van der Waals surface area contributed by atoms with Crippen LogP contribution in [0.1, 0.15) is 12.8 Å². The van der Waals surface area contributed by atoms with Crippen molar-refractivity contribution in [3.8, 4) is 0 Å². The van der Waals surface area contributed by atoms with Crippen LogP contribution in [0.15, 0.2) is 39.9 Å². The van der Waals surface area contributed by atoms with Gasteiger partial charge in [-0.05, 0) is 36.1 Å². The Morgan fingerprint density at radius 1 is 1.38 bits per heavy atom. The second-order valence-electron chi connectivity index (χ2n) is 4.37. The molecule has 0 aliphatic heterocycles. The Hall–Kier alpha value is -1.37. The molecular weight excluding hydrogens is 328 g/mol. The summed E-state index contributed by atoms with van der Waals surface area (Å²) in [6, 6.07) is 8.66. The molecule has 4 nitrogen and oxygen atoms in total. The van der Waals surface area contributed by atoms with E-state index in [-0.39, 0.29) is 5.91 Å². The lowest BCUT2D eigenvalue weighted by molar-refractivity contribution is -0.116. The molecule has 1 amide bonds. The second kappa shape index (κ2) is 7.59. The molecule has 0 fully saturated rings. The van der Waals surface area contributed by atoms with Crippen LogP contribution in [0, 0.1) is 0 Å². The van der Waals surface area contributed by atoms with Gasteiger partial charge in [-0.1, -0.05) is 17.7 Å². The molecule has 1 heterocycles. The Morgan fingerprint density at radius 2 is 2.19 bits per heavy atom. The molecule has 0 bridgehead atoms. The van der Waals surface area contributed by atoms with Crippen molar-refractivity contribution in [2.24, 2.45) is 0 Å². The van der Waals surface area contributed by atoms with Crippen LogP contribution >= 0.6 is 22.9 Å². The average Bonchev–Trinajstić information content (AvgIpc) is 2.97. The van der Waals surface area contributed by atoms with E-state index < -0.39 is 10.8 Å². The van der Waals surface area contributed by atoms with Gasteiger partial charge < -0.3 is 11.1 Å². The first-order valence-electron chi connectivity index (χ1n) is 6.33. The standard InChI is InChI=1S/C14H15ClN2O2S2/c15-11-6-5-10(9-12(11)16)17-13(18)3-2-8-21(19)14-4-1-7-20-14/h1,4-7,9H,2-3,8,16H2,(H,17,18). The maximum Gasteiger partial charge on any atom is 0.224 e. The molecule has 3 N–H and O–H groups in total. The fraction of sp³-hybridized carbons (Fsp3) is 0.214. The van der Waals surface area contributed by atoms with Gasteiger partial charge in [-0.25, -0.2) is 0 Å². The van der Waals surface area contributed by atoms with E-state index in [2.05, 4.69) is 5.32 Å². The van der Waals surface area contributed by atoms with Crippen LogP contribution in [0.5, 0.6) is 0 Å². The van der Waals surface area contributed by atoms with Crippen LogP contribution in [0.4, 0.5) is 11.4 Å². The van der Waals surface area contributed by atoms with Gasteiger partial charge in [0.2, 0.25) is 5.91 Å². The smallest absolute Gasteiger partial charge is 0.224 e. The Bertz CT molecular complexity index is 644. The van der Waals surface area contributed by atoms with Gasteiger partial charge in [0, 0.05) is 17.9 Å². The summed E-state index contributed by atoms with van der Waals surface area (Å²) in [4.78, 5) is 11.8. The fourth-order valence-electron chi connectivity index (χ4n) is 1.70. The van der Waals surface area contributed by atoms with Crippen molar-refractivity contribution in [1.82, 2.24) is 0 Å². The van der Waals surface area contributed by atoms with Crippen LogP contribution in [-0.4, -0.2) is 15.9 Å². The molecule has 1 unspecified atom stereocenters. The maximum atomic E-state index is 11.9. The van der Waals surface area contributed by atoms with E-state index >= 15 is 0 Å². The fourth-order valence-corrected chi connectivity index (χ4v) is 3.95. The number of nitrogen functional groups attached to an aromatic ring is 1. The highest BCUT2D eigenvalue weighted by Gasteiger charge is 2.08. The number of anilines is 2. The van der Waals surface area contributed by atoms with Crippen LogP contribution < -0.4 is 11.1 Å². The summed E-state index contributed by atoms with van der Waals surface area (Å²) in [5.41, 5.74) is 6.70. The van der Waals surface area contributed by atoms with Gasteiger partial charge in [0.25, 0.3) is 0 Å². The summed E-state index contributed by atoms with van der Waals surface area (Å²) in [5.74, 6) is 0.358. The number of carbonyl (C=O) groups excluding carboxylic acids is 1. The highest BCUT2D eigenvalue weighted by atomic mass is 35.5. The van der Waals surface area contributed by atoms with E-state index in [0.717, 1.165) is 4.21 Å². The number of benzene rings is 1. The van der Waals surface area contributed by atoms with Crippen molar-refractivity contribution >= 4 is 51.0 Å². The minimum absolute atomic E-state index is 0.125. The van der Waals surface area contributed by atoms with E-state index in [1.54, 1.807) is 18.2 Å². The summed E-state index contributed by atoms with van der Waals surface area (Å²) >= 11 is 7.28. The number of thiophene rings is 1. The quantitative estimate of drug-likeness (QED) is 0.789. The van der Waals surface area contributed by atoms with E-state index in [4.69, 9.17) is 17.3 Å².